The Balaban J connectivity index is 2.24. The molecule has 1 aromatic carbocycles. The predicted molar refractivity (Wildman–Crippen MR) is 64.2 cm³/mol. The Labute approximate surface area is 103 Å². The summed E-state index contributed by atoms with van der Waals surface area (Å²) in [5.74, 6) is -1.18. The van der Waals surface area contributed by atoms with Gasteiger partial charge in [0.05, 0.1) is 17.1 Å². The Morgan fingerprint density at radius 2 is 2.11 bits per heavy atom. The maximum absolute atomic E-state index is 13.0. The topological polar surface area (TPSA) is 63.9 Å². The highest BCUT2D eigenvalue weighted by Gasteiger charge is 2.12. The van der Waals surface area contributed by atoms with Crippen molar-refractivity contribution in [1.82, 2.24) is 9.97 Å². The molecule has 0 fully saturated rings. The van der Waals surface area contributed by atoms with Crippen molar-refractivity contribution >= 4 is 11.0 Å². The average Bonchev–Trinajstić information content (AvgIpc) is 2.70. The summed E-state index contributed by atoms with van der Waals surface area (Å²) < 4.78 is 31.5. The summed E-state index contributed by atoms with van der Waals surface area (Å²) >= 11 is 0. The van der Waals surface area contributed by atoms with Crippen LogP contribution in [-0.2, 0) is 11.2 Å². The second kappa shape index (κ2) is 5.41. The minimum atomic E-state index is -0.902. The van der Waals surface area contributed by atoms with Gasteiger partial charge in [0.15, 0.2) is 11.6 Å². The largest absolute Gasteiger partial charge is 0.377 e. The first kappa shape index (κ1) is 12.9. The third kappa shape index (κ3) is 2.65. The van der Waals surface area contributed by atoms with Crippen LogP contribution in [0.25, 0.3) is 11.0 Å². The Morgan fingerprint density at radius 1 is 1.39 bits per heavy atom. The van der Waals surface area contributed by atoms with E-state index in [1.54, 1.807) is 0 Å². The fourth-order valence-corrected chi connectivity index (χ4v) is 1.82. The van der Waals surface area contributed by atoms with E-state index in [2.05, 4.69) is 9.97 Å². The van der Waals surface area contributed by atoms with Gasteiger partial charge in [-0.15, -0.1) is 0 Å². The van der Waals surface area contributed by atoms with Gasteiger partial charge >= 0.3 is 0 Å². The molecule has 0 saturated heterocycles. The molecule has 0 radical (unpaired) electrons. The fourth-order valence-electron chi connectivity index (χ4n) is 1.82. The molecule has 4 nitrogen and oxygen atoms in total. The number of ether oxygens (including phenoxy) is 1. The van der Waals surface area contributed by atoms with Crippen LogP contribution in [-0.4, -0.2) is 29.2 Å². The maximum Gasteiger partial charge on any atom is 0.161 e. The van der Waals surface area contributed by atoms with Crippen LogP contribution >= 0.6 is 0 Å². The number of nitrogens with two attached hydrogens (primary N) is 1. The van der Waals surface area contributed by atoms with Crippen molar-refractivity contribution in [2.75, 3.05) is 13.2 Å². The summed E-state index contributed by atoms with van der Waals surface area (Å²) in [6, 6.07) is 2.17. The zero-order chi connectivity index (χ0) is 13.1. The van der Waals surface area contributed by atoms with Gasteiger partial charge in [0.25, 0.3) is 0 Å². The summed E-state index contributed by atoms with van der Waals surface area (Å²) in [7, 11) is 0. The minimum absolute atomic E-state index is 0.148. The molecule has 3 N–H and O–H groups in total. The van der Waals surface area contributed by atoms with Crippen LogP contribution in [0, 0.1) is 11.6 Å². The molecule has 0 aliphatic rings. The standard InChI is InChI=1S/C12H15F2N3O/c1-2-18-7(6-15)3-12-16-10-4-8(13)9(14)5-11(10)17-12/h4-5,7H,2-3,6,15H2,1H3,(H,16,17). The van der Waals surface area contributed by atoms with Crippen molar-refractivity contribution in [3.8, 4) is 0 Å². The summed E-state index contributed by atoms with van der Waals surface area (Å²) in [5, 5.41) is 0. The van der Waals surface area contributed by atoms with Crippen molar-refractivity contribution in [2.45, 2.75) is 19.4 Å². The van der Waals surface area contributed by atoms with Gasteiger partial charge < -0.3 is 15.5 Å². The van der Waals surface area contributed by atoms with Crippen LogP contribution in [0.5, 0.6) is 0 Å². The van der Waals surface area contributed by atoms with Crippen molar-refractivity contribution in [2.24, 2.45) is 5.73 Å². The van der Waals surface area contributed by atoms with Gasteiger partial charge in [-0.25, -0.2) is 13.8 Å². The number of aromatic amines is 1. The monoisotopic (exact) mass is 255 g/mol. The number of hydrogen-bond donors (Lipinski definition) is 2. The van der Waals surface area contributed by atoms with Crippen molar-refractivity contribution in [3.63, 3.8) is 0 Å². The van der Waals surface area contributed by atoms with Crippen LogP contribution in [0.15, 0.2) is 12.1 Å². The number of rotatable bonds is 5. The van der Waals surface area contributed by atoms with E-state index in [1.165, 1.54) is 0 Å². The van der Waals surface area contributed by atoms with Gasteiger partial charge in [0, 0.05) is 31.7 Å². The van der Waals surface area contributed by atoms with Crippen LogP contribution in [0.2, 0.25) is 0 Å². The predicted octanol–water partition coefficient (Wildman–Crippen LogP) is 1.75. The highest BCUT2D eigenvalue weighted by atomic mass is 19.2. The van der Waals surface area contributed by atoms with Crippen molar-refractivity contribution < 1.29 is 13.5 Å². The maximum atomic E-state index is 13.0. The van der Waals surface area contributed by atoms with Gasteiger partial charge in [0.1, 0.15) is 5.82 Å². The fraction of sp³-hybridized carbons (Fsp3) is 0.417. The second-order valence-electron chi connectivity index (χ2n) is 3.98. The quantitative estimate of drug-likeness (QED) is 0.855. The molecule has 2 aromatic rings. The summed E-state index contributed by atoms with van der Waals surface area (Å²) in [6.45, 7) is 2.81. The molecule has 0 aliphatic heterocycles. The van der Waals surface area contributed by atoms with Crippen LogP contribution < -0.4 is 5.73 Å². The van der Waals surface area contributed by atoms with Crippen molar-refractivity contribution in [1.29, 1.82) is 0 Å². The first-order chi connectivity index (χ1) is 8.63. The lowest BCUT2D eigenvalue weighted by molar-refractivity contribution is 0.0682. The van der Waals surface area contributed by atoms with Crippen LogP contribution in [0.4, 0.5) is 8.78 Å². The van der Waals surface area contributed by atoms with E-state index in [0.717, 1.165) is 12.1 Å². The van der Waals surface area contributed by atoms with Gasteiger partial charge in [-0.1, -0.05) is 0 Å². The number of imidazole rings is 1. The number of H-pyrrole nitrogens is 1. The molecule has 1 atom stereocenters. The lowest BCUT2D eigenvalue weighted by Gasteiger charge is -2.12. The molecular formula is C12H15F2N3O. The zero-order valence-corrected chi connectivity index (χ0v) is 10.0. The molecule has 0 aliphatic carbocycles. The van der Waals surface area contributed by atoms with Gasteiger partial charge in [0.2, 0.25) is 0 Å². The van der Waals surface area contributed by atoms with E-state index >= 15 is 0 Å². The Hall–Kier alpha value is -1.53. The molecule has 0 amide bonds. The molecular weight excluding hydrogens is 240 g/mol. The van der Waals surface area contributed by atoms with Gasteiger partial charge in [-0.05, 0) is 6.92 Å². The lowest BCUT2D eigenvalue weighted by atomic mass is 10.2. The molecule has 18 heavy (non-hydrogen) atoms. The van der Waals surface area contributed by atoms with E-state index in [4.69, 9.17) is 10.5 Å². The Kier molecular flexibility index (Phi) is 3.88. The molecule has 98 valence electrons. The zero-order valence-electron chi connectivity index (χ0n) is 10.0. The molecule has 1 unspecified atom stereocenters. The molecule has 6 heteroatoms. The van der Waals surface area contributed by atoms with E-state index in [-0.39, 0.29) is 6.10 Å². The highest BCUT2D eigenvalue weighted by Crippen LogP contribution is 2.17. The summed E-state index contributed by atoms with van der Waals surface area (Å²) in [6.07, 6.45) is 0.340. The third-order valence-corrected chi connectivity index (χ3v) is 2.66. The van der Waals surface area contributed by atoms with Crippen LogP contribution in [0.3, 0.4) is 0 Å². The van der Waals surface area contributed by atoms with E-state index in [0.29, 0.717) is 36.4 Å². The first-order valence-electron chi connectivity index (χ1n) is 5.79. The normalized spacial score (nSPS) is 13.1. The molecule has 2 rings (SSSR count). The molecule has 0 saturated carbocycles. The molecule has 1 aromatic heterocycles. The number of fused-ring (bicyclic) bond motifs is 1. The lowest BCUT2D eigenvalue weighted by Crippen LogP contribution is -2.26. The number of nitrogens with one attached hydrogen (secondary N) is 1. The molecule has 0 spiro atoms. The number of nitrogens with zero attached hydrogens (tertiary/aromatic N) is 1. The smallest absolute Gasteiger partial charge is 0.161 e. The van der Waals surface area contributed by atoms with Crippen LogP contribution in [0.1, 0.15) is 12.7 Å². The minimum Gasteiger partial charge on any atom is -0.377 e. The van der Waals surface area contributed by atoms with E-state index in [1.807, 2.05) is 6.92 Å². The molecule has 1 heterocycles. The first-order valence-corrected chi connectivity index (χ1v) is 5.79. The number of halogens is 2. The van der Waals surface area contributed by atoms with Crippen molar-refractivity contribution in [3.05, 3.63) is 29.6 Å². The molecule has 0 bridgehead atoms. The van der Waals surface area contributed by atoms with E-state index < -0.39 is 11.6 Å². The number of aromatic nitrogens is 2. The summed E-state index contributed by atoms with van der Waals surface area (Å²) in [4.78, 5) is 7.12. The summed E-state index contributed by atoms with van der Waals surface area (Å²) in [5.41, 5.74) is 6.43. The average molecular weight is 255 g/mol. The van der Waals surface area contributed by atoms with E-state index in [9.17, 15) is 8.78 Å². The SMILES string of the molecule is CCOC(CN)Cc1nc2cc(F)c(F)cc2[nH]1. The Bertz CT molecular complexity index is 502. The van der Waals surface area contributed by atoms with Gasteiger partial charge in [-0.3, -0.25) is 0 Å². The number of benzene rings is 1. The van der Waals surface area contributed by atoms with Gasteiger partial charge in [-0.2, -0.15) is 0 Å². The second-order valence-corrected chi connectivity index (χ2v) is 3.98. The third-order valence-electron chi connectivity index (χ3n) is 2.66. The number of hydrogen-bond acceptors (Lipinski definition) is 3. The Morgan fingerprint density at radius 3 is 2.78 bits per heavy atom. The highest BCUT2D eigenvalue weighted by molar-refractivity contribution is 5.75.